The van der Waals surface area contributed by atoms with Gasteiger partial charge in [-0.3, -0.25) is 19.4 Å². The summed E-state index contributed by atoms with van der Waals surface area (Å²) in [7, 11) is 0. The molecule has 1 aliphatic rings. The molecule has 0 saturated heterocycles. The van der Waals surface area contributed by atoms with E-state index in [0.29, 0.717) is 42.1 Å². The zero-order chi connectivity index (χ0) is 31.0. The molecule has 220 valence electrons. The largest absolute Gasteiger partial charge is 0.471 e. The van der Waals surface area contributed by atoms with Crippen molar-refractivity contribution < 1.29 is 35.9 Å². The second-order valence-electron chi connectivity index (χ2n) is 10.7. The molecule has 10 heteroatoms. The Balaban J connectivity index is 1.57. The van der Waals surface area contributed by atoms with E-state index in [1.807, 2.05) is 12.1 Å². The fourth-order valence-corrected chi connectivity index (χ4v) is 6.12. The van der Waals surface area contributed by atoms with Crippen molar-refractivity contribution in [2.24, 2.45) is 0 Å². The first-order chi connectivity index (χ1) is 20.9. The predicted molar refractivity (Wildman–Crippen MR) is 157 cm³/mol. The molecular weight excluding hydrogens is 582 g/mol. The summed E-state index contributed by atoms with van der Waals surface area (Å²) in [5.41, 5.74) is -0.461. The number of benzene rings is 6. The van der Waals surface area contributed by atoms with E-state index >= 15 is 0 Å². The fraction of sp³-hybridized carbons (Fsp3) is 0.118. The Kier molecular flexibility index (Phi) is 6.11. The van der Waals surface area contributed by atoms with E-state index in [4.69, 9.17) is 0 Å². The number of rotatable bonds is 0. The van der Waals surface area contributed by atoms with Crippen molar-refractivity contribution in [3.05, 3.63) is 108 Å². The summed E-state index contributed by atoms with van der Waals surface area (Å²) in [5, 5.41) is 4.72. The molecule has 4 nitrogen and oxygen atoms in total. The number of hydrogen-bond donors (Lipinski definition) is 0. The van der Waals surface area contributed by atoms with Crippen LogP contribution in [0.3, 0.4) is 0 Å². The number of alkyl halides is 6. The highest BCUT2D eigenvalue weighted by Gasteiger charge is 2.47. The molecular formula is C34H20F6N2O2. The molecule has 0 atom stereocenters. The van der Waals surface area contributed by atoms with Crippen molar-refractivity contribution in [3.8, 4) is 0 Å². The molecule has 7 rings (SSSR count). The molecule has 0 unspecified atom stereocenters. The fourth-order valence-electron chi connectivity index (χ4n) is 6.12. The highest BCUT2D eigenvalue weighted by molar-refractivity contribution is 6.09. The molecule has 0 fully saturated rings. The smallest absolute Gasteiger partial charge is 0.300 e. The third kappa shape index (κ3) is 4.49. The number of amides is 2. The van der Waals surface area contributed by atoms with E-state index in [9.17, 15) is 35.9 Å². The van der Waals surface area contributed by atoms with Crippen LogP contribution in [0.25, 0.3) is 43.1 Å². The number of nitrogens with zero attached hydrogens (tertiary/aromatic N) is 2. The van der Waals surface area contributed by atoms with Crippen LogP contribution in [0.4, 0.5) is 37.7 Å². The standard InChI is InChI=1S/C34H20F6N2O2/c35-33(36,37)31(43)41-17-27-25-15-21-7-3-1-5-19(21)13-23(25)9-11-29(27)42(32(44)34(38,39)40)18-28-26-16-22-8-4-2-6-20(22)14-24(26)10-12-30(28)41/h1-16H,17-18H2. The number of anilines is 2. The van der Waals surface area contributed by atoms with Crippen LogP contribution in [-0.4, -0.2) is 24.2 Å². The van der Waals surface area contributed by atoms with Gasteiger partial charge in [0.2, 0.25) is 0 Å². The van der Waals surface area contributed by atoms with Crippen LogP contribution in [0.1, 0.15) is 11.1 Å². The Morgan fingerprint density at radius 2 is 0.818 bits per heavy atom. The van der Waals surface area contributed by atoms with Gasteiger partial charge in [-0.05, 0) is 79.5 Å². The van der Waals surface area contributed by atoms with Crippen molar-refractivity contribution in [2.75, 3.05) is 9.80 Å². The van der Waals surface area contributed by atoms with Crippen LogP contribution in [0.2, 0.25) is 0 Å². The SMILES string of the molecule is O=C(N1Cc2c(ccc3cc4ccccc4cc23)N(C(=O)C(F)(F)F)Cc2c1ccc1cc3ccccc3cc21)C(F)(F)F. The van der Waals surface area contributed by atoms with Crippen molar-refractivity contribution in [2.45, 2.75) is 25.4 Å². The lowest BCUT2D eigenvalue weighted by molar-refractivity contribution is -0.170. The lowest BCUT2D eigenvalue weighted by atomic mass is 9.93. The molecule has 6 aromatic carbocycles. The molecule has 0 saturated carbocycles. The Morgan fingerprint density at radius 1 is 0.477 bits per heavy atom. The highest BCUT2D eigenvalue weighted by Crippen LogP contribution is 2.43. The van der Waals surface area contributed by atoms with Crippen LogP contribution >= 0.6 is 0 Å². The lowest BCUT2D eigenvalue weighted by Crippen LogP contribution is -2.46. The average molecular weight is 603 g/mol. The van der Waals surface area contributed by atoms with Crippen molar-refractivity contribution in [1.82, 2.24) is 0 Å². The molecule has 44 heavy (non-hydrogen) atoms. The molecule has 0 N–H and O–H groups in total. The molecule has 0 aromatic heterocycles. The maximum atomic E-state index is 14.1. The van der Waals surface area contributed by atoms with Gasteiger partial charge in [-0.25, -0.2) is 0 Å². The first-order valence-corrected chi connectivity index (χ1v) is 13.6. The average Bonchev–Trinajstić information content (AvgIpc) is 2.98. The number of fused-ring (bicyclic) bond motifs is 8. The molecule has 0 bridgehead atoms. The molecule has 1 heterocycles. The van der Waals surface area contributed by atoms with Gasteiger partial charge in [0.15, 0.2) is 0 Å². The first-order valence-electron chi connectivity index (χ1n) is 13.6. The Hall–Kier alpha value is -5.12. The van der Waals surface area contributed by atoms with Crippen LogP contribution in [0, 0.1) is 0 Å². The summed E-state index contributed by atoms with van der Waals surface area (Å²) < 4.78 is 84.8. The monoisotopic (exact) mass is 602 g/mol. The van der Waals surface area contributed by atoms with Crippen molar-refractivity contribution in [3.63, 3.8) is 0 Å². The van der Waals surface area contributed by atoms with Gasteiger partial charge in [-0.1, -0.05) is 60.7 Å². The lowest BCUT2D eigenvalue weighted by Gasteiger charge is -2.35. The Bertz CT molecular complexity index is 2020. The van der Waals surface area contributed by atoms with Gasteiger partial charge in [-0.15, -0.1) is 0 Å². The molecule has 2 amide bonds. The van der Waals surface area contributed by atoms with E-state index in [-0.39, 0.29) is 22.5 Å². The van der Waals surface area contributed by atoms with Crippen LogP contribution in [0.15, 0.2) is 97.1 Å². The summed E-state index contributed by atoms with van der Waals surface area (Å²) in [5.74, 6) is -4.34. The molecule has 1 aliphatic heterocycles. The van der Waals surface area contributed by atoms with Crippen LogP contribution < -0.4 is 9.80 Å². The molecule has 0 spiro atoms. The number of hydrogen-bond acceptors (Lipinski definition) is 2. The maximum absolute atomic E-state index is 14.1. The summed E-state index contributed by atoms with van der Waals surface area (Å²) in [6, 6.07) is 26.8. The van der Waals surface area contributed by atoms with E-state index < -0.39 is 37.3 Å². The van der Waals surface area contributed by atoms with E-state index in [0.717, 1.165) is 10.8 Å². The molecule has 0 aliphatic carbocycles. The third-order valence-electron chi connectivity index (χ3n) is 8.14. The highest BCUT2D eigenvalue weighted by atomic mass is 19.4. The number of carbonyl (C=O) groups is 2. The van der Waals surface area contributed by atoms with Gasteiger partial charge in [0, 0.05) is 22.5 Å². The minimum absolute atomic E-state index is 0.00675. The Morgan fingerprint density at radius 3 is 1.16 bits per heavy atom. The second-order valence-corrected chi connectivity index (χ2v) is 10.7. The maximum Gasteiger partial charge on any atom is 0.471 e. The predicted octanol–water partition coefficient (Wildman–Crippen LogP) is 8.80. The minimum Gasteiger partial charge on any atom is -0.300 e. The third-order valence-corrected chi connectivity index (χ3v) is 8.14. The van der Waals surface area contributed by atoms with Gasteiger partial charge >= 0.3 is 24.2 Å². The normalized spacial score (nSPS) is 14.0. The molecule has 0 radical (unpaired) electrons. The summed E-state index contributed by atoms with van der Waals surface area (Å²) in [6.07, 6.45) is -10.6. The summed E-state index contributed by atoms with van der Waals surface area (Å²) in [6.45, 7) is -1.45. The van der Waals surface area contributed by atoms with Crippen LogP contribution in [-0.2, 0) is 22.7 Å². The van der Waals surface area contributed by atoms with Gasteiger partial charge in [0.05, 0.1) is 13.1 Å². The summed E-state index contributed by atoms with van der Waals surface area (Å²) in [4.78, 5) is 27.3. The van der Waals surface area contributed by atoms with Crippen LogP contribution in [0.5, 0.6) is 0 Å². The Labute approximate surface area is 245 Å². The van der Waals surface area contributed by atoms with Gasteiger partial charge in [-0.2, -0.15) is 26.3 Å². The zero-order valence-corrected chi connectivity index (χ0v) is 22.6. The topological polar surface area (TPSA) is 40.6 Å². The van der Waals surface area contributed by atoms with E-state index in [1.165, 1.54) is 24.3 Å². The van der Waals surface area contributed by atoms with Gasteiger partial charge in [0.1, 0.15) is 0 Å². The van der Waals surface area contributed by atoms with Crippen molar-refractivity contribution in [1.29, 1.82) is 0 Å². The van der Waals surface area contributed by atoms with Crippen molar-refractivity contribution >= 4 is 66.3 Å². The van der Waals surface area contributed by atoms with Gasteiger partial charge < -0.3 is 0 Å². The minimum atomic E-state index is -5.28. The van der Waals surface area contributed by atoms with E-state index in [2.05, 4.69) is 0 Å². The quantitative estimate of drug-likeness (QED) is 0.129. The molecule has 6 aromatic rings. The number of carbonyl (C=O) groups excluding carboxylic acids is 2. The second kappa shape index (κ2) is 9.70. The number of halogens is 6. The summed E-state index contributed by atoms with van der Waals surface area (Å²) >= 11 is 0. The van der Waals surface area contributed by atoms with Gasteiger partial charge in [0.25, 0.3) is 0 Å². The first kappa shape index (κ1) is 27.7. The van der Waals surface area contributed by atoms with E-state index in [1.54, 1.807) is 60.7 Å². The zero-order valence-electron chi connectivity index (χ0n) is 22.6.